The maximum atomic E-state index is 14.2. The second kappa shape index (κ2) is 16.7. The zero-order chi connectivity index (χ0) is 43.0. The molecule has 13 nitrogen and oxygen atoms in total. The summed E-state index contributed by atoms with van der Waals surface area (Å²) in [4.78, 5) is 67.8. The molecule has 2 aromatic carbocycles. The van der Waals surface area contributed by atoms with Crippen molar-refractivity contribution in [2.24, 2.45) is 7.05 Å². The number of hydrogen-bond acceptors (Lipinski definition) is 9. The molecule has 0 atom stereocenters. The van der Waals surface area contributed by atoms with Crippen molar-refractivity contribution in [3.8, 4) is 23.2 Å². The molecular formula is C43H47F3N8O5. The number of carbonyl (C=O) groups excluding carboxylic acids is 4. The van der Waals surface area contributed by atoms with Crippen molar-refractivity contribution in [1.29, 1.82) is 0 Å². The summed E-state index contributed by atoms with van der Waals surface area (Å²) in [6.07, 6.45) is -3.55. The molecule has 1 N–H and O–H groups in total. The Hall–Kier alpha value is -6.05. The zero-order valence-corrected chi connectivity index (χ0v) is 34.4. The number of piperazine rings is 1. The first-order valence-corrected chi connectivity index (χ1v) is 19.1. The lowest BCUT2D eigenvalue weighted by molar-refractivity contribution is -0.138. The normalized spacial score (nSPS) is 15.0. The molecule has 6 rings (SSSR count). The van der Waals surface area contributed by atoms with Crippen molar-refractivity contribution in [1.82, 2.24) is 29.2 Å². The van der Waals surface area contributed by atoms with Gasteiger partial charge in [0.1, 0.15) is 11.3 Å². The molecular weight excluding hydrogens is 766 g/mol. The van der Waals surface area contributed by atoms with Gasteiger partial charge in [-0.2, -0.15) is 13.2 Å². The van der Waals surface area contributed by atoms with Gasteiger partial charge < -0.3 is 19.5 Å². The van der Waals surface area contributed by atoms with Gasteiger partial charge in [-0.05, 0) is 76.2 Å². The Labute approximate surface area is 341 Å². The minimum Gasteiger partial charge on any atom is -0.443 e. The third-order valence-corrected chi connectivity index (χ3v) is 10.3. The number of imide groups is 1. The van der Waals surface area contributed by atoms with Crippen LogP contribution >= 0.6 is 0 Å². The second-order valence-corrected chi connectivity index (χ2v) is 15.8. The molecule has 0 saturated carbocycles. The van der Waals surface area contributed by atoms with E-state index in [0.29, 0.717) is 53.3 Å². The number of nitrogens with zero attached hydrogens (tertiary/aromatic N) is 7. The molecule has 2 aromatic heterocycles. The minimum atomic E-state index is -4.62. The van der Waals surface area contributed by atoms with E-state index in [4.69, 9.17) is 9.72 Å². The van der Waals surface area contributed by atoms with Crippen molar-refractivity contribution in [2.75, 3.05) is 57.0 Å². The number of rotatable bonds is 6. The van der Waals surface area contributed by atoms with Crippen molar-refractivity contribution < 1.29 is 37.1 Å². The maximum Gasteiger partial charge on any atom is 0.417 e. The number of halogens is 3. The van der Waals surface area contributed by atoms with Gasteiger partial charge >= 0.3 is 12.3 Å². The summed E-state index contributed by atoms with van der Waals surface area (Å²) in [5, 5.41) is 2.62. The number of anilines is 2. The lowest BCUT2D eigenvalue weighted by Gasteiger charge is -2.33. The summed E-state index contributed by atoms with van der Waals surface area (Å²) in [5.41, 5.74) is 2.00. The summed E-state index contributed by atoms with van der Waals surface area (Å²) in [7, 11) is 5.27. The van der Waals surface area contributed by atoms with Crippen molar-refractivity contribution >= 4 is 35.5 Å². The molecule has 16 heteroatoms. The first-order chi connectivity index (χ1) is 27.7. The van der Waals surface area contributed by atoms with E-state index in [2.05, 4.69) is 27.0 Å². The third kappa shape index (κ3) is 9.64. The highest BCUT2D eigenvalue weighted by Crippen LogP contribution is 2.35. The predicted octanol–water partition coefficient (Wildman–Crippen LogP) is 6.12. The number of fused-ring (bicyclic) bond motifs is 1. The standard InChI is InChI=1S/C43H47F3N8O5/c1-26-9-10-29(38(56)48-32-14-13-31(34(22-32)43(44,45)46)25-53-19-17-50(6)18-20-53)21-28(26)11-12-30-24-47-40(51(7)27(2)55)49-37(30)36-23-33-35(52(36)8)15-16-54(39(33)57)41(58)59-42(3,4)5/h9-10,13-14,21-24H,15-20,25H2,1-8H3,(H,48,56). The van der Waals surface area contributed by atoms with E-state index in [1.165, 1.54) is 37.2 Å². The van der Waals surface area contributed by atoms with E-state index in [9.17, 15) is 32.3 Å². The fraction of sp³-hybridized carbons (Fsp3) is 0.395. The second-order valence-electron chi connectivity index (χ2n) is 15.8. The number of alkyl halides is 3. The number of benzene rings is 2. The highest BCUT2D eigenvalue weighted by Gasteiger charge is 2.36. The lowest BCUT2D eigenvalue weighted by Crippen LogP contribution is -2.44. The van der Waals surface area contributed by atoms with Crippen LogP contribution in [0.3, 0.4) is 0 Å². The van der Waals surface area contributed by atoms with Crippen LogP contribution in [-0.4, -0.2) is 105 Å². The van der Waals surface area contributed by atoms with E-state index in [-0.39, 0.29) is 41.8 Å². The average molecular weight is 813 g/mol. The van der Waals surface area contributed by atoms with Gasteiger partial charge in [-0.25, -0.2) is 19.7 Å². The number of aryl methyl sites for hydroxylation is 1. The average Bonchev–Trinajstić information content (AvgIpc) is 3.51. The van der Waals surface area contributed by atoms with E-state index in [1.807, 2.05) is 11.9 Å². The number of aromatic nitrogens is 3. The molecule has 0 bridgehead atoms. The fourth-order valence-electron chi connectivity index (χ4n) is 6.81. The monoisotopic (exact) mass is 812 g/mol. The van der Waals surface area contributed by atoms with Crippen LogP contribution in [0.1, 0.15) is 81.9 Å². The van der Waals surface area contributed by atoms with Gasteiger partial charge in [0, 0.05) is 95.4 Å². The Bertz CT molecular complexity index is 2380. The minimum absolute atomic E-state index is 0.00744. The van der Waals surface area contributed by atoms with Crippen molar-refractivity contribution in [2.45, 2.75) is 59.4 Å². The molecule has 0 spiro atoms. The number of ether oxygens (including phenoxy) is 1. The maximum absolute atomic E-state index is 14.2. The number of carbonyl (C=O) groups is 4. The van der Waals surface area contributed by atoms with Crippen molar-refractivity contribution in [3.63, 3.8) is 0 Å². The van der Waals surface area contributed by atoms with Gasteiger partial charge in [-0.3, -0.25) is 24.2 Å². The molecule has 310 valence electrons. The van der Waals surface area contributed by atoms with Gasteiger partial charge in [0.05, 0.1) is 22.4 Å². The molecule has 4 aromatic rings. The molecule has 0 radical (unpaired) electrons. The topological polar surface area (TPSA) is 133 Å². The third-order valence-electron chi connectivity index (χ3n) is 10.3. The summed E-state index contributed by atoms with van der Waals surface area (Å²) in [6, 6.07) is 10.3. The van der Waals surface area contributed by atoms with Crippen LogP contribution in [0, 0.1) is 18.8 Å². The van der Waals surface area contributed by atoms with Crippen LogP contribution in [0.15, 0.2) is 48.7 Å². The Morgan fingerprint density at radius 3 is 2.31 bits per heavy atom. The predicted molar refractivity (Wildman–Crippen MR) is 216 cm³/mol. The Morgan fingerprint density at radius 2 is 1.64 bits per heavy atom. The van der Waals surface area contributed by atoms with E-state index in [0.717, 1.165) is 29.6 Å². The SMILES string of the molecule is CC(=O)N(C)c1ncc(C#Cc2cc(C(=O)Nc3ccc(CN4CCN(C)CC4)c(C(F)(F)F)c3)ccc2C)c(-c2cc3c(n2C)CCN(C(=O)OC(C)(C)C)C3=O)n1. The molecule has 4 amide bonds. The van der Waals surface area contributed by atoms with Gasteiger partial charge in [-0.15, -0.1) is 0 Å². The molecule has 2 aliphatic heterocycles. The number of hydrogen-bond donors (Lipinski definition) is 1. The van der Waals surface area contributed by atoms with Crippen LogP contribution < -0.4 is 10.2 Å². The van der Waals surface area contributed by atoms with Gasteiger partial charge in [0.15, 0.2) is 0 Å². The van der Waals surface area contributed by atoms with Crippen LogP contribution in [0.2, 0.25) is 0 Å². The largest absolute Gasteiger partial charge is 0.443 e. The van der Waals surface area contributed by atoms with Gasteiger partial charge in [0.2, 0.25) is 11.9 Å². The van der Waals surface area contributed by atoms with Gasteiger partial charge in [0.25, 0.3) is 11.8 Å². The van der Waals surface area contributed by atoms with E-state index < -0.39 is 35.2 Å². The van der Waals surface area contributed by atoms with Crippen LogP contribution in [0.4, 0.5) is 29.6 Å². The highest BCUT2D eigenvalue weighted by molar-refractivity contribution is 6.06. The van der Waals surface area contributed by atoms with Crippen LogP contribution in [-0.2, 0) is 35.7 Å². The Morgan fingerprint density at radius 1 is 0.949 bits per heavy atom. The molecule has 59 heavy (non-hydrogen) atoms. The number of nitrogens with one attached hydrogen (secondary N) is 1. The van der Waals surface area contributed by atoms with Crippen LogP contribution in [0.5, 0.6) is 0 Å². The first kappa shape index (κ1) is 42.6. The lowest BCUT2D eigenvalue weighted by atomic mass is 10.0. The zero-order valence-electron chi connectivity index (χ0n) is 34.4. The molecule has 4 heterocycles. The highest BCUT2D eigenvalue weighted by atomic mass is 19.4. The molecule has 1 fully saturated rings. The fourth-order valence-corrected chi connectivity index (χ4v) is 6.81. The molecule has 1 saturated heterocycles. The molecule has 2 aliphatic rings. The molecule has 0 aliphatic carbocycles. The summed E-state index contributed by atoms with van der Waals surface area (Å²) in [5.74, 6) is 4.82. The summed E-state index contributed by atoms with van der Waals surface area (Å²) < 4.78 is 50.0. The smallest absolute Gasteiger partial charge is 0.417 e. The van der Waals surface area contributed by atoms with Crippen molar-refractivity contribution in [3.05, 3.63) is 93.3 Å². The van der Waals surface area contributed by atoms with Crippen LogP contribution in [0.25, 0.3) is 11.4 Å². The Balaban J connectivity index is 1.30. The van der Waals surface area contributed by atoms with E-state index >= 15 is 0 Å². The quantitative estimate of drug-likeness (QED) is 0.229. The van der Waals surface area contributed by atoms with E-state index in [1.54, 1.807) is 63.6 Å². The summed E-state index contributed by atoms with van der Waals surface area (Å²) >= 11 is 0. The van der Waals surface area contributed by atoms with Gasteiger partial charge in [-0.1, -0.05) is 24.0 Å². The Kier molecular flexibility index (Phi) is 12.0. The first-order valence-electron chi connectivity index (χ1n) is 19.1. The molecule has 0 unspecified atom stereocenters. The summed E-state index contributed by atoms with van der Waals surface area (Å²) in [6.45, 7) is 11.5. The number of amides is 4. The number of likely N-dealkylation sites (N-methyl/N-ethyl adjacent to an activating group) is 1.